The molecule has 2 heterocycles. The molecule has 190 valence electrons. The molecule has 7 nitrogen and oxygen atoms in total. The largest absolute Gasteiger partial charge is 0.495 e. The van der Waals surface area contributed by atoms with E-state index in [1.165, 1.54) is 18.7 Å². The first kappa shape index (κ1) is 25.7. The summed E-state index contributed by atoms with van der Waals surface area (Å²) in [6.45, 7) is 5.91. The fourth-order valence-electron chi connectivity index (χ4n) is 5.22. The molecule has 2 aromatic rings. The molecule has 1 N–H and O–H groups in total. The molecule has 0 spiro atoms. The molecule has 35 heavy (non-hydrogen) atoms. The molecular weight excluding hydrogens is 462 g/mol. The van der Waals surface area contributed by atoms with Crippen molar-refractivity contribution in [1.82, 2.24) is 14.5 Å². The number of likely N-dealkylation sites (tertiary alicyclic amines) is 1. The third-order valence-corrected chi connectivity index (χ3v) is 9.19. The first-order chi connectivity index (χ1) is 16.9. The molecular formula is C27H37N3O4S. The van der Waals surface area contributed by atoms with Gasteiger partial charge < -0.3 is 10.1 Å². The fourth-order valence-corrected chi connectivity index (χ4v) is 7.10. The molecule has 2 unspecified atom stereocenters. The minimum absolute atomic E-state index is 0.0631. The molecule has 0 aliphatic carbocycles. The molecule has 0 radical (unpaired) electrons. The molecule has 4 rings (SSSR count). The molecule has 2 aliphatic rings. The second-order valence-electron chi connectivity index (χ2n) is 9.77. The van der Waals surface area contributed by atoms with Crippen LogP contribution in [0, 0.1) is 5.92 Å². The van der Waals surface area contributed by atoms with Crippen LogP contribution in [-0.4, -0.2) is 62.9 Å². The molecule has 2 saturated heterocycles. The van der Waals surface area contributed by atoms with Crippen LogP contribution in [0.25, 0.3) is 0 Å². The van der Waals surface area contributed by atoms with E-state index in [0.717, 1.165) is 51.7 Å². The zero-order chi connectivity index (χ0) is 24.8. The van der Waals surface area contributed by atoms with Gasteiger partial charge in [0.05, 0.1) is 7.11 Å². The number of amides is 1. The summed E-state index contributed by atoms with van der Waals surface area (Å²) in [5, 5.41) is 3.04. The van der Waals surface area contributed by atoms with Gasteiger partial charge in [-0.15, -0.1) is 0 Å². The van der Waals surface area contributed by atoms with Crippen molar-refractivity contribution in [3.8, 4) is 5.75 Å². The Morgan fingerprint density at radius 3 is 2.60 bits per heavy atom. The van der Waals surface area contributed by atoms with Crippen LogP contribution < -0.4 is 10.1 Å². The number of nitrogens with one attached hydrogen (secondary N) is 1. The molecule has 8 heteroatoms. The van der Waals surface area contributed by atoms with Gasteiger partial charge in [-0.2, -0.15) is 4.31 Å². The van der Waals surface area contributed by atoms with E-state index in [2.05, 4.69) is 34.5 Å². The zero-order valence-electron chi connectivity index (χ0n) is 20.8. The number of ether oxygens (including phenoxy) is 1. The van der Waals surface area contributed by atoms with E-state index < -0.39 is 10.0 Å². The van der Waals surface area contributed by atoms with Gasteiger partial charge >= 0.3 is 0 Å². The van der Waals surface area contributed by atoms with E-state index in [0.29, 0.717) is 24.6 Å². The van der Waals surface area contributed by atoms with Crippen LogP contribution in [0.15, 0.2) is 53.4 Å². The minimum atomic E-state index is -3.76. The normalized spacial score (nSPS) is 22.0. The number of benzene rings is 2. The number of carbonyl (C=O) groups excluding carboxylic acids is 1. The second-order valence-corrected chi connectivity index (χ2v) is 11.6. The molecule has 2 aromatic carbocycles. The first-order valence-electron chi connectivity index (χ1n) is 12.6. The van der Waals surface area contributed by atoms with Crippen molar-refractivity contribution in [3.63, 3.8) is 0 Å². The lowest BCUT2D eigenvalue weighted by molar-refractivity contribution is 0.0930. The Morgan fingerprint density at radius 1 is 1.06 bits per heavy atom. The van der Waals surface area contributed by atoms with Gasteiger partial charge in [-0.1, -0.05) is 36.8 Å². The van der Waals surface area contributed by atoms with E-state index in [9.17, 15) is 13.2 Å². The Bertz CT molecular complexity index is 1110. The van der Waals surface area contributed by atoms with E-state index in [4.69, 9.17) is 4.74 Å². The van der Waals surface area contributed by atoms with Gasteiger partial charge in [0.2, 0.25) is 10.0 Å². The van der Waals surface area contributed by atoms with Gasteiger partial charge in [0, 0.05) is 37.8 Å². The fraction of sp³-hybridized carbons (Fsp3) is 0.519. The maximum absolute atomic E-state index is 13.5. The summed E-state index contributed by atoms with van der Waals surface area (Å²) < 4.78 is 33.8. The Hall–Kier alpha value is -2.42. The lowest BCUT2D eigenvalue weighted by Crippen LogP contribution is -2.42. The number of rotatable bonds is 8. The summed E-state index contributed by atoms with van der Waals surface area (Å²) >= 11 is 0. The van der Waals surface area contributed by atoms with Crippen LogP contribution in [0.1, 0.15) is 54.9 Å². The van der Waals surface area contributed by atoms with Crippen molar-refractivity contribution in [2.24, 2.45) is 5.92 Å². The highest BCUT2D eigenvalue weighted by Gasteiger charge is 2.33. The Labute approximate surface area is 209 Å². The first-order valence-corrected chi connectivity index (χ1v) is 14.1. The monoisotopic (exact) mass is 499 g/mol. The van der Waals surface area contributed by atoms with E-state index in [1.807, 2.05) is 13.0 Å². The standard InChI is InChI=1S/C27H37N3O4S/c1-21-9-6-7-16-30(21)35(32,33)26-17-24(13-14-25(26)34-2)27(31)28-18-23-12-8-15-29(20-23)19-22-10-4-3-5-11-22/h3-5,10-11,13-14,17,21,23H,6-9,12,15-16,18-20H2,1-2H3,(H,28,31). The summed E-state index contributed by atoms with van der Waals surface area (Å²) in [6, 6.07) is 15.1. The highest BCUT2D eigenvalue weighted by molar-refractivity contribution is 7.89. The van der Waals surface area contributed by atoms with Crippen molar-refractivity contribution >= 4 is 15.9 Å². The maximum Gasteiger partial charge on any atom is 0.251 e. The summed E-state index contributed by atoms with van der Waals surface area (Å²) in [5.74, 6) is 0.381. The summed E-state index contributed by atoms with van der Waals surface area (Å²) in [7, 11) is -2.30. The van der Waals surface area contributed by atoms with Crippen molar-refractivity contribution in [1.29, 1.82) is 0 Å². The van der Waals surface area contributed by atoms with Crippen LogP contribution in [0.5, 0.6) is 5.75 Å². The molecule has 1 amide bonds. The number of carbonyl (C=O) groups is 1. The van der Waals surface area contributed by atoms with Crippen LogP contribution in [0.4, 0.5) is 0 Å². The summed E-state index contributed by atoms with van der Waals surface area (Å²) in [5.41, 5.74) is 1.64. The average Bonchev–Trinajstić information content (AvgIpc) is 2.88. The Kier molecular flexibility index (Phi) is 8.46. The number of hydrogen-bond acceptors (Lipinski definition) is 5. The number of hydrogen-bond donors (Lipinski definition) is 1. The van der Waals surface area contributed by atoms with Crippen LogP contribution in [-0.2, 0) is 16.6 Å². The molecule has 2 fully saturated rings. The van der Waals surface area contributed by atoms with Crippen molar-refractivity contribution in [3.05, 3.63) is 59.7 Å². The van der Waals surface area contributed by atoms with Crippen LogP contribution in [0.3, 0.4) is 0 Å². The number of methoxy groups -OCH3 is 1. The third kappa shape index (κ3) is 6.23. The summed E-state index contributed by atoms with van der Waals surface area (Å²) in [4.78, 5) is 15.5. The van der Waals surface area contributed by atoms with Gasteiger partial charge in [0.15, 0.2) is 0 Å². The van der Waals surface area contributed by atoms with E-state index >= 15 is 0 Å². The van der Waals surface area contributed by atoms with E-state index in [1.54, 1.807) is 16.4 Å². The summed E-state index contributed by atoms with van der Waals surface area (Å²) in [6.07, 6.45) is 4.88. The van der Waals surface area contributed by atoms with Gasteiger partial charge in [-0.3, -0.25) is 9.69 Å². The molecule has 2 atom stereocenters. The average molecular weight is 500 g/mol. The predicted molar refractivity (Wildman–Crippen MR) is 137 cm³/mol. The quantitative estimate of drug-likeness (QED) is 0.596. The van der Waals surface area contributed by atoms with Gasteiger partial charge in [0.25, 0.3) is 5.91 Å². The lowest BCUT2D eigenvalue weighted by atomic mass is 9.97. The van der Waals surface area contributed by atoms with Crippen LogP contribution in [0.2, 0.25) is 0 Å². The van der Waals surface area contributed by atoms with Crippen molar-refractivity contribution in [2.45, 2.75) is 56.5 Å². The van der Waals surface area contributed by atoms with Crippen molar-refractivity contribution < 1.29 is 17.9 Å². The molecule has 0 saturated carbocycles. The van der Waals surface area contributed by atoms with Crippen LogP contribution >= 0.6 is 0 Å². The SMILES string of the molecule is COc1ccc(C(=O)NCC2CCCN(Cc3ccccc3)C2)cc1S(=O)(=O)N1CCCCC1C. The third-order valence-electron chi connectivity index (χ3n) is 7.16. The van der Waals surface area contributed by atoms with E-state index in [-0.39, 0.29) is 22.6 Å². The number of piperidine rings is 2. The zero-order valence-corrected chi connectivity index (χ0v) is 21.6. The van der Waals surface area contributed by atoms with Gasteiger partial charge in [0.1, 0.15) is 10.6 Å². The Balaban J connectivity index is 1.41. The topological polar surface area (TPSA) is 79.0 Å². The Morgan fingerprint density at radius 2 is 1.86 bits per heavy atom. The van der Waals surface area contributed by atoms with Gasteiger partial charge in [-0.05, 0) is 68.8 Å². The lowest BCUT2D eigenvalue weighted by Gasteiger charge is -2.33. The maximum atomic E-state index is 13.5. The highest BCUT2D eigenvalue weighted by Crippen LogP contribution is 2.31. The number of sulfonamides is 1. The molecule has 0 aromatic heterocycles. The van der Waals surface area contributed by atoms with Gasteiger partial charge in [-0.25, -0.2) is 8.42 Å². The van der Waals surface area contributed by atoms with Crippen molar-refractivity contribution in [2.75, 3.05) is 33.3 Å². The molecule has 0 bridgehead atoms. The smallest absolute Gasteiger partial charge is 0.251 e. The second kappa shape index (κ2) is 11.5. The molecule has 2 aliphatic heterocycles. The highest BCUT2D eigenvalue weighted by atomic mass is 32.2. The minimum Gasteiger partial charge on any atom is -0.495 e. The predicted octanol–water partition coefficient (Wildman–Crippen LogP) is 3.90. The number of nitrogens with zero attached hydrogens (tertiary/aromatic N) is 2.